The second-order valence-corrected chi connectivity index (χ2v) is 9.62. The van der Waals surface area contributed by atoms with Gasteiger partial charge in [0.05, 0.1) is 29.5 Å². The number of nitrogens with one attached hydrogen (secondary N) is 1. The molecular weight excluding hydrogens is 478 g/mol. The van der Waals surface area contributed by atoms with E-state index in [4.69, 9.17) is 0 Å². The first-order valence-electron chi connectivity index (χ1n) is 11.6. The Hall–Kier alpha value is -3.70. The number of hydrogen-bond donors (Lipinski definition) is 1. The van der Waals surface area contributed by atoms with Gasteiger partial charge < -0.3 is 15.1 Å². The highest BCUT2D eigenvalue weighted by atomic mass is 19.4. The molecule has 3 unspecified atom stereocenters. The number of aliphatic imine (C=N–C) groups is 1. The van der Waals surface area contributed by atoms with E-state index < -0.39 is 23.6 Å². The highest BCUT2D eigenvalue weighted by Crippen LogP contribution is 2.49. The zero-order chi connectivity index (χ0) is 25.4. The van der Waals surface area contributed by atoms with E-state index in [0.717, 1.165) is 12.3 Å². The van der Waals surface area contributed by atoms with Crippen LogP contribution in [0.4, 0.5) is 23.5 Å². The summed E-state index contributed by atoms with van der Waals surface area (Å²) in [4.78, 5) is 29.6. The Morgan fingerprint density at radius 2 is 1.97 bits per heavy atom. The highest BCUT2D eigenvalue weighted by molar-refractivity contribution is 5.84. The molecule has 0 amide bonds. The fourth-order valence-corrected chi connectivity index (χ4v) is 5.55. The van der Waals surface area contributed by atoms with Gasteiger partial charge in [-0.2, -0.15) is 13.2 Å². The maximum Gasteiger partial charge on any atom is 0.416 e. The van der Waals surface area contributed by atoms with Crippen LogP contribution in [0.3, 0.4) is 0 Å². The van der Waals surface area contributed by atoms with Gasteiger partial charge in [-0.3, -0.25) is 14.3 Å². The van der Waals surface area contributed by atoms with E-state index in [1.165, 1.54) is 35.0 Å². The molecule has 2 aromatic heterocycles. The summed E-state index contributed by atoms with van der Waals surface area (Å²) in [5, 5.41) is 3.14. The van der Waals surface area contributed by atoms with Crippen LogP contribution >= 0.6 is 0 Å². The van der Waals surface area contributed by atoms with Gasteiger partial charge >= 0.3 is 6.18 Å². The van der Waals surface area contributed by atoms with Gasteiger partial charge in [0.15, 0.2) is 11.8 Å². The predicted molar refractivity (Wildman–Crippen MR) is 125 cm³/mol. The number of halogens is 4. The second kappa shape index (κ2) is 7.90. The normalized spacial score (nSPS) is 28.3. The lowest BCUT2D eigenvalue weighted by Crippen LogP contribution is -2.45. The number of fused-ring (bicyclic) bond motifs is 2. The number of hydrogen-bond acceptors (Lipinski definition) is 7. The molecule has 188 valence electrons. The fourth-order valence-electron chi connectivity index (χ4n) is 5.55. The molecule has 0 bridgehead atoms. The number of allylic oxidation sites excluding steroid dienone is 2. The van der Waals surface area contributed by atoms with Crippen molar-refractivity contribution in [2.75, 3.05) is 25.0 Å². The van der Waals surface area contributed by atoms with Crippen molar-refractivity contribution in [3.63, 3.8) is 0 Å². The van der Waals surface area contributed by atoms with Gasteiger partial charge in [-0.25, -0.2) is 14.4 Å². The fraction of sp³-hybridized carbons (Fsp3) is 0.417. The van der Waals surface area contributed by atoms with E-state index >= 15 is 0 Å². The Kier molecular flexibility index (Phi) is 4.99. The minimum atomic E-state index is -4.38. The summed E-state index contributed by atoms with van der Waals surface area (Å²) in [5.74, 6) is 1.08. The van der Waals surface area contributed by atoms with Crippen molar-refractivity contribution in [3.05, 3.63) is 64.5 Å². The molecule has 8 nitrogen and oxygen atoms in total. The molecule has 0 radical (unpaired) electrons. The number of anilines is 1. The number of alkyl halides is 3. The third kappa shape index (κ3) is 3.66. The molecule has 6 rings (SSSR count). The SMILES string of the molecule is CN(c1nc(-c2ccncc2F)cc(=O)n1C)C1[C@H]2CN(C3=NC4C=CC(C(F)(F)F)=CC4N3)C[C@@H]12. The van der Waals surface area contributed by atoms with Gasteiger partial charge in [0.2, 0.25) is 5.95 Å². The molecule has 2 aliphatic carbocycles. The number of aromatic nitrogens is 3. The Labute approximate surface area is 203 Å². The van der Waals surface area contributed by atoms with Crippen LogP contribution in [-0.2, 0) is 7.05 Å². The first kappa shape index (κ1) is 22.7. The van der Waals surface area contributed by atoms with Crippen molar-refractivity contribution in [1.29, 1.82) is 0 Å². The molecule has 5 atom stereocenters. The van der Waals surface area contributed by atoms with Gasteiger partial charge in [0.25, 0.3) is 5.56 Å². The molecule has 4 aliphatic rings. The van der Waals surface area contributed by atoms with Crippen molar-refractivity contribution < 1.29 is 17.6 Å². The van der Waals surface area contributed by atoms with E-state index in [1.807, 2.05) is 11.9 Å². The number of likely N-dealkylation sites (tertiary alicyclic amines) is 1. The van der Waals surface area contributed by atoms with Crippen LogP contribution < -0.4 is 15.8 Å². The summed E-state index contributed by atoms with van der Waals surface area (Å²) in [6, 6.07) is 2.07. The number of guanidine groups is 1. The van der Waals surface area contributed by atoms with Crippen molar-refractivity contribution >= 4 is 11.9 Å². The summed E-state index contributed by atoms with van der Waals surface area (Å²) in [6.45, 7) is 1.38. The van der Waals surface area contributed by atoms with E-state index in [9.17, 15) is 22.4 Å². The molecule has 1 N–H and O–H groups in total. The first-order chi connectivity index (χ1) is 17.1. The molecule has 0 aromatic carbocycles. The third-order valence-corrected chi connectivity index (χ3v) is 7.47. The minimum absolute atomic E-state index is 0.137. The molecule has 4 heterocycles. The monoisotopic (exact) mass is 501 g/mol. The van der Waals surface area contributed by atoms with E-state index in [0.29, 0.717) is 25.0 Å². The van der Waals surface area contributed by atoms with Crippen LogP contribution in [0.2, 0.25) is 0 Å². The Morgan fingerprint density at radius 1 is 1.22 bits per heavy atom. The van der Waals surface area contributed by atoms with E-state index in [-0.39, 0.29) is 40.7 Å². The van der Waals surface area contributed by atoms with Crippen LogP contribution in [0.15, 0.2) is 58.1 Å². The largest absolute Gasteiger partial charge is 0.416 e. The molecule has 1 saturated carbocycles. The number of piperidine rings is 1. The van der Waals surface area contributed by atoms with Gasteiger partial charge in [0, 0.05) is 62.9 Å². The van der Waals surface area contributed by atoms with Crippen LogP contribution in [0, 0.1) is 17.7 Å². The molecule has 12 heteroatoms. The topological polar surface area (TPSA) is 78.7 Å². The van der Waals surface area contributed by atoms with Crippen LogP contribution in [0.25, 0.3) is 11.3 Å². The lowest BCUT2D eigenvalue weighted by molar-refractivity contribution is -0.0887. The smallest absolute Gasteiger partial charge is 0.347 e. The van der Waals surface area contributed by atoms with Gasteiger partial charge in [-0.1, -0.05) is 12.2 Å². The summed E-state index contributed by atoms with van der Waals surface area (Å²) in [6.07, 6.45) is 1.93. The van der Waals surface area contributed by atoms with Crippen molar-refractivity contribution in [3.8, 4) is 11.3 Å². The number of pyridine rings is 1. The molecule has 2 aliphatic heterocycles. The summed E-state index contributed by atoms with van der Waals surface area (Å²) >= 11 is 0. The molecule has 0 spiro atoms. The van der Waals surface area contributed by atoms with Crippen molar-refractivity contribution in [1.82, 2.24) is 24.8 Å². The lowest BCUT2D eigenvalue weighted by atomic mass is 9.99. The van der Waals surface area contributed by atoms with Gasteiger partial charge in [0.1, 0.15) is 0 Å². The quantitative estimate of drug-likeness (QED) is 0.650. The first-order valence-corrected chi connectivity index (χ1v) is 11.6. The summed E-state index contributed by atoms with van der Waals surface area (Å²) in [7, 11) is 3.50. The van der Waals surface area contributed by atoms with Crippen molar-refractivity contribution in [2.45, 2.75) is 24.3 Å². The molecule has 36 heavy (non-hydrogen) atoms. The molecule has 1 saturated heterocycles. The predicted octanol–water partition coefficient (Wildman–Crippen LogP) is 2.10. The number of rotatable bonds is 3. The second-order valence-electron chi connectivity index (χ2n) is 9.62. The Balaban J connectivity index is 1.16. The van der Waals surface area contributed by atoms with Gasteiger partial charge in [-0.05, 0) is 12.1 Å². The highest BCUT2D eigenvalue weighted by Gasteiger charge is 2.59. The standard InChI is InChI=1S/C24H23F4N7O/c1-33-20(36)8-18(13-5-6-29-9-16(13)25)32-23(33)34(2)21-14-10-35(11-15(14)21)22-30-17-4-3-12(24(26,27)28)7-19(17)31-22/h3-9,14-15,17,19,21H,10-11H2,1-2H3,(H,30,31)/t14-,15+,17?,19?,21?. The molecule has 2 fully saturated rings. The summed E-state index contributed by atoms with van der Waals surface area (Å²) in [5.41, 5.74) is -0.496. The minimum Gasteiger partial charge on any atom is -0.347 e. The van der Waals surface area contributed by atoms with E-state index in [2.05, 4.69) is 25.2 Å². The third-order valence-electron chi connectivity index (χ3n) is 7.47. The van der Waals surface area contributed by atoms with E-state index in [1.54, 1.807) is 7.05 Å². The van der Waals surface area contributed by atoms with Crippen LogP contribution in [0.1, 0.15) is 0 Å². The van der Waals surface area contributed by atoms with Gasteiger partial charge in [-0.15, -0.1) is 0 Å². The molecule has 2 aromatic rings. The zero-order valence-electron chi connectivity index (χ0n) is 19.4. The summed E-state index contributed by atoms with van der Waals surface area (Å²) < 4.78 is 54.9. The van der Waals surface area contributed by atoms with Crippen molar-refractivity contribution in [2.24, 2.45) is 23.9 Å². The maximum absolute atomic E-state index is 14.3. The Morgan fingerprint density at radius 3 is 2.67 bits per heavy atom. The van der Waals surface area contributed by atoms with Crippen LogP contribution in [0.5, 0.6) is 0 Å². The maximum atomic E-state index is 14.3. The zero-order valence-corrected chi connectivity index (χ0v) is 19.4. The average Bonchev–Trinajstić information content (AvgIpc) is 3.17. The average molecular weight is 501 g/mol. The number of nitrogens with zero attached hydrogens (tertiary/aromatic N) is 6. The lowest BCUT2D eigenvalue weighted by Gasteiger charge is -2.27. The Bertz CT molecular complexity index is 1370. The molecular formula is C24H23F4N7O. The van der Waals surface area contributed by atoms with Crippen LogP contribution in [-0.4, -0.2) is 69.8 Å².